The Morgan fingerprint density at radius 1 is 1.17 bits per heavy atom. The third kappa shape index (κ3) is 4.10. The first-order valence-electron chi connectivity index (χ1n) is 10.1. The van der Waals surface area contributed by atoms with E-state index in [2.05, 4.69) is 36.4 Å². The van der Waals surface area contributed by atoms with E-state index in [-0.39, 0.29) is 0 Å². The fraction of sp³-hybridized carbons (Fsp3) is 0.333. The molecule has 4 rings (SSSR count). The predicted molar refractivity (Wildman–Crippen MR) is 117 cm³/mol. The Hall–Kier alpha value is -2.53. The molecule has 0 bridgehead atoms. The van der Waals surface area contributed by atoms with E-state index < -0.39 is 5.97 Å². The Bertz CT molecular complexity index is 1020. The smallest absolute Gasteiger partial charge is 0.343 e. The summed E-state index contributed by atoms with van der Waals surface area (Å²) in [6.07, 6.45) is 3.73. The van der Waals surface area contributed by atoms with Gasteiger partial charge < -0.3 is 9.47 Å². The van der Waals surface area contributed by atoms with Crippen molar-refractivity contribution in [3.63, 3.8) is 0 Å². The monoisotopic (exact) mass is 407 g/mol. The first-order valence-corrected chi connectivity index (χ1v) is 11.0. The van der Waals surface area contributed by atoms with E-state index >= 15 is 0 Å². The van der Waals surface area contributed by atoms with Gasteiger partial charge in [0.2, 0.25) is 5.88 Å². The van der Waals surface area contributed by atoms with E-state index in [1.807, 2.05) is 23.9 Å². The van der Waals surface area contributed by atoms with Crippen molar-refractivity contribution < 1.29 is 14.3 Å². The zero-order valence-corrected chi connectivity index (χ0v) is 17.6. The molecule has 0 N–H and O–H groups in total. The van der Waals surface area contributed by atoms with Crippen LogP contribution in [-0.2, 0) is 10.5 Å². The highest BCUT2D eigenvalue weighted by molar-refractivity contribution is 7.98. The molecule has 2 aromatic carbocycles. The van der Waals surface area contributed by atoms with E-state index in [0.29, 0.717) is 24.0 Å². The summed E-state index contributed by atoms with van der Waals surface area (Å²) < 4.78 is 10.6. The molecule has 150 valence electrons. The lowest BCUT2D eigenvalue weighted by Gasteiger charge is -2.28. The molecule has 4 nitrogen and oxygen atoms in total. The Morgan fingerprint density at radius 2 is 1.97 bits per heavy atom. The second kappa shape index (κ2) is 8.87. The van der Waals surface area contributed by atoms with Crippen molar-refractivity contribution in [1.29, 1.82) is 0 Å². The largest absolute Gasteiger partial charge is 0.480 e. The number of fused-ring (bicyclic) bond motifs is 1. The van der Waals surface area contributed by atoms with Gasteiger partial charge in [0.1, 0.15) is 5.56 Å². The summed E-state index contributed by atoms with van der Waals surface area (Å²) in [5.41, 5.74) is 3.92. The zero-order valence-electron chi connectivity index (χ0n) is 16.8. The molecular formula is C24H25NO3S. The van der Waals surface area contributed by atoms with Crippen LogP contribution in [0.2, 0.25) is 0 Å². The van der Waals surface area contributed by atoms with Crippen molar-refractivity contribution in [1.82, 2.24) is 4.98 Å². The number of rotatable bonds is 7. The van der Waals surface area contributed by atoms with Crippen LogP contribution < -0.4 is 4.74 Å². The van der Waals surface area contributed by atoms with Crippen LogP contribution in [0.4, 0.5) is 0 Å². The van der Waals surface area contributed by atoms with E-state index in [9.17, 15) is 4.79 Å². The number of benzene rings is 2. The van der Waals surface area contributed by atoms with Gasteiger partial charge in [0.15, 0.2) is 0 Å². The third-order valence-corrected chi connectivity index (χ3v) is 6.59. The fourth-order valence-electron chi connectivity index (χ4n) is 3.65. The number of hydrogen-bond acceptors (Lipinski definition) is 5. The van der Waals surface area contributed by atoms with Gasteiger partial charge in [-0.15, -0.1) is 11.8 Å². The number of nitrogens with zero attached hydrogens (tertiary/aromatic N) is 1. The summed E-state index contributed by atoms with van der Waals surface area (Å²) in [7, 11) is 1.55. The minimum Gasteiger partial charge on any atom is -0.480 e. The summed E-state index contributed by atoms with van der Waals surface area (Å²) in [4.78, 5) is 18.3. The molecule has 1 aromatic heterocycles. The van der Waals surface area contributed by atoms with E-state index in [4.69, 9.17) is 14.5 Å². The van der Waals surface area contributed by atoms with Crippen molar-refractivity contribution in [3.05, 3.63) is 65.2 Å². The molecule has 0 amide bonds. The zero-order chi connectivity index (χ0) is 20.2. The quantitative estimate of drug-likeness (QED) is 0.356. The van der Waals surface area contributed by atoms with Crippen LogP contribution in [0.15, 0.2) is 53.4 Å². The van der Waals surface area contributed by atoms with Gasteiger partial charge in [0, 0.05) is 16.0 Å². The number of pyridine rings is 1. The average Bonchev–Trinajstić information content (AvgIpc) is 2.71. The molecule has 5 heteroatoms. The maximum absolute atomic E-state index is 12.3. The van der Waals surface area contributed by atoms with Crippen LogP contribution in [0.5, 0.6) is 5.88 Å². The molecule has 0 unspecified atom stereocenters. The average molecular weight is 408 g/mol. The molecule has 0 spiro atoms. The van der Waals surface area contributed by atoms with Crippen LogP contribution in [0.1, 0.15) is 53.6 Å². The molecule has 1 heterocycles. The summed E-state index contributed by atoms with van der Waals surface area (Å²) >= 11 is 1.82. The van der Waals surface area contributed by atoms with Gasteiger partial charge in [0.25, 0.3) is 0 Å². The van der Waals surface area contributed by atoms with Gasteiger partial charge in [-0.1, -0.05) is 48.9 Å². The second-order valence-electron chi connectivity index (χ2n) is 7.22. The van der Waals surface area contributed by atoms with Crippen LogP contribution >= 0.6 is 11.8 Å². The number of carbonyl (C=O) groups excluding carboxylic acids is 1. The molecule has 3 aromatic rings. The lowest BCUT2D eigenvalue weighted by Crippen LogP contribution is -2.11. The molecule has 1 aliphatic rings. The second-order valence-corrected chi connectivity index (χ2v) is 8.21. The van der Waals surface area contributed by atoms with Gasteiger partial charge in [-0.2, -0.15) is 0 Å². The minimum atomic E-state index is -0.402. The van der Waals surface area contributed by atoms with Crippen LogP contribution in [0.25, 0.3) is 10.9 Å². The first-order chi connectivity index (χ1) is 14.2. The number of methoxy groups -OCH3 is 1. The number of aromatic nitrogens is 1. The van der Waals surface area contributed by atoms with Crippen LogP contribution in [0, 0.1) is 0 Å². The molecule has 29 heavy (non-hydrogen) atoms. The number of esters is 1. The minimum absolute atomic E-state index is 0.318. The van der Waals surface area contributed by atoms with Gasteiger partial charge in [-0.05, 0) is 42.9 Å². The molecule has 0 aliphatic heterocycles. The highest BCUT2D eigenvalue weighted by atomic mass is 32.2. The maximum Gasteiger partial charge on any atom is 0.343 e. The fourth-order valence-corrected chi connectivity index (χ4v) is 4.85. The summed E-state index contributed by atoms with van der Waals surface area (Å²) in [6.45, 7) is 2.11. The highest BCUT2D eigenvalue weighted by Crippen LogP contribution is 2.44. The molecule has 1 aliphatic carbocycles. The number of ether oxygens (including phenoxy) is 2. The summed E-state index contributed by atoms with van der Waals surface area (Å²) in [6, 6.07) is 16.6. The van der Waals surface area contributed by atoms with Crippen molar-refractivity contribution in [2.75, 3.05) is 13.7 Å². The van der Waals surface area contributed by atoms with Gasteiger partial charge in [-0.25, -0.2) is 9.78 Å². The van der Waals surface area contributed by atoms with Gasteiger partial charge in [0.05, 0.1) is 19.2 Å². The van der Waals surface area contributed by atoms with Crippen LogP contribution in [-0.4, -0.2) is 24.7 Å². The molecule has 0 radical (unpaired) electrons. The highest BCUT2D eigenvalue weighted by Gasteiger charge is 2.25. The van der Waals surface area contributed by atoms with Gasteiger partial charge in [-0.3, -0.25) is 0 Å². The lowest BCUT2D eigenvalue weighted by atomic mass is 9.80. The van der Waals surface area contributed by atoms with Crippen molar-refractivity contribution in [2.24, 2.45) is 0 Å². The first kappa shape index (κ1) is 19.8. The molecule has 0 atom stereocenters. The topological polar surface area (TPSA) is 48.4 Å². The normalized spacial score (nSPS) is 13.9. The van der Waals surface area contributed by atoms with Gasteiger partial charge >= 0.3 is 5.97 Å². The van der Waals surface area contributed by atoms with E-state index in [1.165, 1.54) is 35.3 Å². The number of carbonyl (C=O) groups is 1. The standard InChI is InChI=1S/C24H25NO3S/c1-3-28-24(26)20-14-18-12-13-19(17-10-7-11-17)22(21(18)25-23(20)27-2)29-15-16-8-5-4-6-9-16/h4-6,8-9,12-14,17H,3,7,10-11,15H2,1-2H3. The number of thioether (sulfide) groups is 1. The van der Waals surface area contributed by atoms with E-state index in [0.717, 1.165) is 16.7 Å². The van der Waals surface area contributed by atoms with Crippen molar-refractivity contribution in [3.8, 4) is 5.88 Å². The maximum atomic E-state index is 12.3. The van der Waals surface area contributed by atoms with E-state index in [1.54, 1.807) is 14.0 Å². The Kier molecular flexibility index (Phi) is 6.05. The van der Waals surface area contributed by atoms with Crippen molar-refractivity contribution >= 4 is 28.6 Å². The molecule has 1 saturated carbocycles. The SMILES string of the molecule is CCOC(=O)c1cc2ccc(C3CCC3)c(SCc3ccccc3)c2nc1OC. The molecule has 0 saturated heterocycles. The lowest BCUT2D eigenvalue weighted by molar-refractivity contribution is 0.0522. The molecule has 1 fully saturated rings. The Balaban J connectivity index is 1.79. The van der Waals surface area contributed by atoms with Crippen LogP contribution in [0.3, 0.4) is 0 Å². The molecular weight excluding hydrogens is 382 g/mol. The third-order valence-electron chi connectivity index (χ3n) is 5.40. The Labute approximate surface area is 175 Å². The summed E-state index contributed by atoms with van der Waals surface area (Å²) in [5.74, 6) is 1.39. The van der Waals surface area contributed by atoms with Crippen molar-refractivity contribution in [2.45, 2.75) is 42.8 Å². The summed E-state index contributed by atoms with van der Waals surface area (Å²) in [5, 5.41) is 0.937. The predicted octanol–water partition coefficient (Wildman–Crippen LogP) is 5.98. The Morgan fingerprint density at radius 3 is 2.62 bits per heavy atom. The number of hydrogen-bond donors (Lipinski definition) is 0.